The highest BCUT2D eigenvalue weighted by atomic mass is 31.1. The SMILES string of the molecule is C=Cc1c(PC)ccn2cc(CCc3ccc4ccc(C)nc4n3)nc12. The summed E-state index contributed by atoms with van der Waals surface area (Å²) in [6.07, 6.45) is 7.81. The maximum atomic E-state index is 4.84. The van der Waals surface area contributed by atoms with E-state index in [4.69, 9.17) is 9.97 Å². The Morgan fingerprint density at radius 3 is 2.65 bits per heavy atom. The fourth-order valence-electron chi connectivity index (χ4n) is 3.19. The lowest BCUT2D eigenvalue weighted by Crippen LogP contribution is -2.03. The van der Waals surface area contributed by atoms with E-state index in [0.29, 0.717) is 0 Å². The minimum atomic E-state index is 0.735. The smallest absolute Gasteiger partial charge is 0.159 e. The Bertz CT molecular complexity index is 1110. The number of aromatic nitrogens is 4. The van der Waals surface area contributed by atoms with Gasteiger partial charge in [0.05, 0.1) is 5.69 Å². The van der Waals surface area contributed by atoms with Crippen LogP contribution in [0.15, 0.2) is 49.3 Å². The zero-order valence-corrected chi connectivity index (χ0v) is 16.0. The Balaban J connectivity index is 1.60. The molecule has 1 unspecified atom stereocenters. The maximum absolute atomic E-state index is 4.84. The summed E-state index contributed by atoms with van der Waals surface area (Å²) in [5.74, 6) is 0. The minimum absolute atomic E-state index is 0.735. The largest absolute Gasteiger partial charge is 0.306 e. The van der Waals surface area contributed by atoms with Crippen molar-refractivity contribution < 1.29 is 0 Å². The molecule has 0 aliphatic rings. The van der Waals surface area contributed by atoms with Gasteiger partial charge in [-0.2, -0.15) is 0 Å². The Morgan fingerprint density at radius 2 is 1.85 bits per heavy atom. The van der Waals surface area contributed by atoms with Gasteiger partial charge in [0.1, 0.15) is 5.65 Å². The molecule has 1 atom stereocenters. The molecule has 4 aromatic rings. The van der Waals surface area contributed by atoms with Gasteiger partial charge in [-0.05, 0) is 62.1 Å². The van der Waals surface area contributed by atoms with Crippen LogP contribution in [0.4, 0.5) is 0 Å². The van der Waals surface area contributed by atoms with Crippen molar-refractivity contribution in [1.82, 2.24) is 19.4 Å². The summed E-state index contributed by atoms with van der Waals surface area (Å²) >= 11 is 0. The first-order valence-electron chi connectivity index (χ1n) is 8.72. The number of fused-ring (bicyclic) bond motifs is 2. The van der Waals surface area contributed by atoms with Crippen LogP contribution in [0, 0.1) is 6.92 Å². The summed E-state index contributed by atoms with van der Waals surface area (Å²) in [6.45, 7) is 8.14. The molecular weight excluding hydrogens is 339 g/mol. The van der Waals surface area contributed by atoms with Crippen molar-refractivity contribution in [2.45, 2.75) is 19.8 Å². The summed E-state index contributed by atoms with van der Waals surface area (Å²) < 4.78 is 2.09. The predicted octanol–water partition coefficient (Wildman–Crippen LogP) is 3.95. The van der Waals surface area contributed by atoms with Crippen LogP contribution in [0.1, 0.15) is 22.6 Å². The van der Waals surface area contributed by atoms with E-state index in [1.54, 1.807) is 0 Å². The quantitative estimate of drug-likeness (QED) is 0.506. The van der Waals surface area contributed by atoms with Crippen LogP contribution in [0.25, 0.3) is 22.8 Å². The van der Waals surface area contributed by atoms with Crippen LogP contribution in [0.3, 0.4) is 0 Å². The molecule has 4 aromatic heterocycles. The van der Waals surface area contributed by atoms with E-state index < -0.39 is 0 Å². The summed E-state index contributed by atoms with van der Waals surface area (Å²) in [6, 6.07) is 10.4. The van der Waals surface area contributed by atoms with Crippen LogP contribution in [0.5, 0.6) is 0 Å². The molecule has 0 radical (unpaired) electrons. The Labute approximate surface area is 154 Å². The predicted molar refractivity (Wildman–Crippen MR) is 111 cm³/mol. The van der Waals surface area contributed by atoms with Gasteiger partial charge >= 0.3 is 0 Å². The zero-order chi connectivity index (χ0) is 18.1. The van der Waals surface area contributed by atoms with Gasteiger partial charge in [-0.15, -0.1) is 0 Å². The van der Waals surface area contributed by atoms with Crippen molar-refractivity contribution in [3.05, 3.63) is 71.9 Å². The molecule has 0 aromatic carbocycles. The molecule has 0 bridgehead atoms. The molecule has 4 rings (SSSR count). The number of aryl methyl sites for hydroxylation is 3. The molecule has 0 aliphatic heterocycles. The van der Waals surface area contributed by atoms with Crippen LogP contribution < -0.4 is 5.30 Å². The average Bonchev–Trinajstić information content (AvgIpc) is 3.08. The Morgan fingerprint density at radius 1 is 1.04 bits per heavy atom. The van der Waals surface area contributed by atoms with Gasteiger partial charge in [-0.25, -0.2) is 15.0 Å². The summed E-state index contributed by atoms with van der Waals surface area (Å²) in [7, 11) is 0.735. The van der Waals surface area contributed by atoms with E-state index >= 15 is 0 Å². The monoisotopic (exact) mass is 360 g/mol. The highest BCUT2D eigenvalue weighted by Crippen LogP contribution is 2.18. The van der Waals surface area contributed by atoms with Gasteiger partial charge in [0.2, 0.25) is 0 Å². The first-order valence-corrected chi connectivity index (χ1v) is 10.2. The second kappa shape index (κ2) is 6.97. The summed E-state index contributed by atoms with van der Waals surface area (Å²) in [5.41, 5.74) is 6.07. The van der Waals surface area contributed by atoms with Crippen molar-refractivity contribution >= 4 is 36.6 Å². The molecule has 0 N–H and O–H groups in total. The lowest BCUT2D eigenvalue weighted by molar-refractivity contribution is 0.894. The molecule has 4 nitrogen and oxygen atoms in total. The number of imidazole rings is 1. The van der Waals surface area contributed by atoms with Gasteiger partial charge in [-0.3, -0.25) is 0 Å². The Kier molecular flexibility index (Phi) is 4.52. The first-order chi connectivity index (χ1) is 12.7. The van der Waals surface area contributed by atoms with E-state index in [1.165, 1.54) is 5.30 Å². The molecule has 0 aliphatic carbocycles. The molecule has 0 saturated heterocycles. The number of rotatable bonds is 5. The lowest BCUT2D eigenvalue weighted by atomic mass is 10.1. The van der Waals surface area contributed by atoms with Crippen LogP contribution in [-0.4, -0.2) is 26.0 Å². The second-order valence-corrected chi connectivity index (χ2v) is 7.40. The average molecular weight is 360 g/mol. The highest BCUT2D eigenvalue weighted by molar-refractivity contribution is 7.46. The molecule has 5 heteroatoms. The van der Waals surface area contributed by atoms with E-state index in [-0.39, 0.29) is 0 Å². The molecule has 0 saturated carbocycles. The third-order valence-corrected chi connectivity index (χ3v) is 5.55. The molecule has 4 heterocycles. The second-order valence-electron chi connectivity index (χ2n) is 6.36. The maximum Gasteiger partial charge on any atom is 0.159 e. The molecule has 0 fully saturated rings. The topological polar surface area (TPSA) is 43.1 Å². The lowest BCUT2D eigenvalue weighted by Gasteiger charge is -2.04. The molecule has 0 spiro atoms. The van der Waals surface area contributed by atoms with Gasteiger partial charge in [-0.1, -0.05) is 21.2 Å². The van der Waals surface area contributed by atoms with E-state index in [9.17, 15) is 0 Å². The number of nitrogens with zero attached hydrogens (tertiary/aromatic N) is 4. The summed E-state index contributed by atoms with van der Waals surface area (Å²) in [5, 5.41) is 2.39. The Hall–Kier alpha value is -2.58. The van der Waals surface area contributed by atoms with Crippen LogP contribution in [0.2, 0.25) is 0 Å². The fraction of sp³-hybridized carbons (Fsp3) is 0.190. The number of hydrogen-bond donors (Lipinski definition) is 0. The van der Waals surface area contributed by atoms with Gasteiger partial charge in [0, 0.05) is 34.7 Å². The zero-order valence-electron chi connectivity index (χ0n) is 15.0. The molecular formula is C21H21N4P. The van der Waals surface area contributed by atoms with E-state index in [0.717, 1.165) is 60.7 Å². The van der Waals surface area contributed by atoms with Gasteiger partial charge in [0.15, 0.2) is 5.65 Å². The molecule has 26 heavy (non-hydrogen) atoms. The number of hydrogen-bond acceptors (Lipinski definition) is 3. The van der Waals surface area contributed by atoms with E-state index in [1.807, 2.05) is 19.1 Å². The van der Waals surface area contributed by atoms with Gasteiger partial charge in [0.25, 0.3) is 0 Å². The van der Waals surface area contributed by atoms with Crippen molar-refractivity contribution in [3.63, 3.8) is 0 Å². The van der Waals surface area contributed by atoms with E-state index in [2.05, 4.69) is 59.3 Å². The minimum Gasteiger partial charge on any atom is -0.306 e. The third kappa shape index (κ3) is 3.13. The molecule has 130 valence electrons. The normalized spacial score (nSPS) is 11.8. The van der Waals surface area contributed by atoms with Crippen LogP contribution >= 0.6 is 8.58 Å². The standard InChI is InChI=1S/C21H21N4P/c1-4-18-19(26-3)11-12-25-13-17(24-21(18)25)10-9-16-8-7-15-6-5-14(2)22-20(15)23-16/h4-8,11-13,26H,1,9-10H2,2-3H3. The fourth-order valence-corrected chi connectivity index (χ4v) is 3.91. The van der Waals surface area contributed by atoms with Crippen molar-refractivity contribution in [1.29, 1.82) is 0 Å². The summed E-state index contributed by atoms with van der Waals surface area (Å²) in [4.78, 5) is 14.1. The van der Waals surface area contributed by atoms with Crippen LogP contribution in [-0.2, 0) is 12.8 Å². The van der Waals surface area contributed by atoms with Crippen molar-refractivity contribution in [2.24, 2.45) is 0 Å². The van der Waals surface area contributed by atoms with Crippen molar-refractivity contribution in [2.75, 3.05) is 6.66 Å². The highest BCUT2D eigenvalue weighted by Gasteiger charge is 2.09. The van der Waals surface area contributed by atoms with Gasteiger partial charge < -0.3 is 4.40 Å². The third-order valence-electron chi connectivity index (χ3n) is 4.58. The van der Waals surface area contributed by atoms with Crippen molar-refractivity contribution in [3.8, 4) is 0 Å². The molecule has 0 amide bonds. The first kappa shape index (κ1) is 16.9. The number of pyridine rings is 3.